The number of aromatic nitrogens is 1. The number of hydrogen-bond donors (Lipinski definition) is 1. The molecule has 0 radical (unpaired) electrons. The van der Waals surface area contributed by atoms with Gasteiger partial charge in [-0.15, -0.1) is 11.3 Å². The van der Waals surface area contributed by atoms with Crippen molar-refractivity contribution >= 4 is 17.1 Å². The van der Waals surface area contributed by atoms with Crippen LogP contribution in [-0.4, -0.2) is 10.3 Å². The predicted octanol–water partition coefficient (Wildman–Crippen LogP) is 4.36. The monoisotopic (exact) mass is 249 g/mol. The van der Waals surface area contributed by atoms with Crippen LogP contribution in [0, 0.1) is 6.92 Å². The normalized spacial score (nSPS) is 11.1. The second-order valence-corrected chi connectivity index (χ2v) is 5.37. The molecule has 3 nitrogen and oxygen atoms in total. The Labute approximate surface area is 104 Å². The lowest BCUT2D eigenvalue weighted by Crippen LogP contribution is -1.89. The van der Waals surface area contributed by atoms with Crippen LogP contribution in [0.15, 0.2) is 23.2 Å². The van der Waals surface area contributed by atoms with Gasteiger partial charge in [0.15, 0.2) is 5.76 Å². The van der Waals surface area contributed by atoms with Gasteiger partial charge >= 0.3 is 0 Å². The minimum absolute atomic E-state index is 0.0856. The van der Waals surface area contributed by atoms with Gasteiger partial charge < -0.3 is 9.63 Å². The fraction of sp³-hybridized carbons (Fsp3) is 0.308. The van der Waals surface area contributed by atoms with Crippen molar-refractivity contribution in [3.63, 3.8) is 0 Å². The highest BCUT2D eigenvalue weighted by Gasteiger charge is 2.17. The molecule has 0 saturated heterocycles. The second-order valence-electron chi connectivity index (χ2n) is 4.29. The number of nitrogens with zero attached hydrogens (tertiary/aromatic N) is 1. The topological polar surface area (TPSA) is 46.3 Å². The molecule has 4 heteroatoms. The molecule has 0 aromatic carbocycles. The largest absolute Gasteiger partial charge is 0.507 e. The number of thiophene rings is 1. The molecule has 0 aliphatic rings. The zero-order chi connectivity index (χ0) is 12.6. The summed E-state index contributed by atoms with van der Waals surface area (Å²) in [5, 5.41) is 13.4. The summed E-state index contributed by atoms with van der Waals surface area (Å²) in [5.41, 5.74) is 2.05. The third kappa shape index (κ3) is 2.13. The minimum atomic E-state index is 0.0856. The Hall–Kier alpha value is -1.55. The van der Waals surface area contributed by atoms with Gasteiger partial charge in [0.2, 0.25) is 0 Å². The average Bonchev–Trinajstić information content (AvgIpc) is 2.82. The Morgan fingerprint density at radius 2 is 2.18 bits per heavy atom. The first-order valence-corrected chi connectivity index (χ1v) is 6.27. The molecule has 2 aromatic rings. The van der Waals surface area contributed by atoms with Gasteiger partial charge in [-0.2, -0.15) is 0 Å². The van der Waals surface area contributed by atoms with Crippen LogP contribution in [0.4, 0.5) is 0 Å². The minimum Gasteiger partial charge on any atom is -0.507 e. The third-order valence-electron chi connectivity index (χ3n) is 2.62. The van der Waals surface area contributed by atoms with E-state index < -0.39 is 0 Å². The van der Waals surface area contributed by atoms with Crippen molar-refractivity contribution in [1.29, 1.82) is 0 Å². The highest BCUT2D eigenvalue weighted by molar-refractivity contribution is 7.16. The van der Waals surface area contributed by atoms with Crippen LogP contribution >= 0.6 is 11.3 Å². The quantitative estimate of drug-likeness (QED) is 0.822. The van der Waals surface area contributed by atoms with Crippen LogP contribution in [0.1, 0.15) is 35.9 Å². The van der Waals surface area contributed by atoms with Crippen molar-refractivity contribution in [2.45, 2.75) is 26.7 Å². The summed E-state index contributed by atoms with van der Waals surface area (Å²) in [4.78, 5) is 1.72. The Kier molecular flexibility index (Phi) is 3.07. The highest BCUT2D eigenvalue weighted by Crippen LogP contribution is 2.35. The van der Waals surface area contributed by atoms with Gasteiger partial charge in [-0.05, 0) is 25.0 Å². The van der Waals surface area contributed by atoms with E-state index in [0.717, 1.165) is 26.8 Å². The molecule has 17 heavy (non-hydrogen) atoms. The number of rotatable bonds is 3. The van der Waals surface area contributed by atoms with E-state index in [2.05, 4.69) is 25.6 Å². The fourth-order valence-corrected chi connectivity index (χ4v) is 2.64. The van der Waals surface area contributed by atoms with E-state index in [1.807, 2.05) is 19.1 Å². The average molecular weight is 249 g/mol. The molecule has 0 aliphatic heterocycles. The molecular weight excluding hydrogens is 234 g/mol. The van der Waals surface area contributed by atoms with E-state index in [9.17, 15) is 5.11 Å². The molecule has 0 bridgehead atoms. The van der Waals surface area contributed by atoms with Gasteiger partial charge in [0.05, 0.1) is 15.4 Å². The maximum atomic E-state index is 9.32. The molecular formula is C13H15NO2S. The van der Waals surface area contributed by atoms with Crippen molar-refractivity contribution < 1.29 is 9.63 Å². The summed E-state index contributed by atoms with van der Waals surface area (Å²) in [6.45, 7) is 9.69. The molecule has 2 heterocycles. The summed E-state index contributed by atoms with van der Waals surface area (Å²) < 4.78 is 5.38. The summed E-state index contributed by atoms with van der Waals surface area (Å²) in [5.74, 6) is 1.22. The molecule has 0 unspecified atom stereocenters. The van der Waals surface area contributed by atoms with Crippen LogP contribution in [0.2, 0.25) is 0 Å². The summed E-state index contributed by atoms with van der Waals surface area (Å²) in [6, 6.07) is 3.75. The molecule has 0 amide bonds. The van der Waals surface area contributed by atoms with Gasteiger partial charge in [0, 0.05) is 5.56 Å². The maximum absolute atomic E-state index is 9.32. The van der Waals surface area contributed by atoms with Crippen LogP contribution in [0.25, 0.3) is 16.4 Å². The van der Waals surface area contributed by atoms with E-state index in [4.69, 9.17) is 4.52 Å². The molecule has 90 valence electrons. The first kappa shape index (κ1) is 11.9. The lowest BCUT2D eigenvalue weighted by molar-refractivity contribution is 0.420. The van der Waals surface area contributed by atoms with Crippen molar-refractivity contribution in [3.05, 3.63) is 34.8 Å². The molecule has 0 spiro atoms. The molecule has 0 atom stereocenters. The summed E-state index contributed by atoms with van der Waals surface area (Å²) in [7, 11) is 0. The van der Waals surface area contributed by atoms with Crippen LogP contribution in [0.3, 0.4) is 0 Å². The van der Waals surface area contributed by atoms with Gasteiger partial charge in [-0.3, -0.25) is 0 Å². The summed E-state index contributed by atoms with van der Waals surface area (Å²) in [6.07, 6.45) is 0. The number of aliphatic hydroxyl groups is 1. The lowest BCUT2D eigenvalue weighted by atomic mass is 10.1. The molecule has 0 saturated carbocycles. The van der Waals surface area contributed by atoms with Gasteiger partial charge in [0.1, 0.15) is 5.76 Å². The standard InChI is InChI=1S/C13H15NO2S/c1-7(2)12-8(3)13(16-14-12)11-6-5-10(17-11)9(4)15/h5-7,15H,4H2,1-3H3. The molecule has 0 fully saturated rings. The lowest BCUT2D eigenvalue weighted by Gasteiger charge is -1.99. The van der Waals surface area contributed by atoms with Crippen molar-refractivity contribution in [3.8, 4) is 10.6 Å². The van der Waals surface area contributed by atoms with E-state index >= 15 is 0 Å². The van der Waals surface area contributed by atoms with E-state index in [0.29, 0.717) is 5.92 Å². The first-order chi connectivity index (χ1) is 8.00. The van der Waals surface area contributed by atoms with Crippen LogP contribution in [-0.2, 0) is 0 Å². The predicted molar refractivity (Wildman–Crippen MR) is 70.3 cm³/mol. The number of aliphatic hydroxyl groups excluding tert-OH is 1. The van der Waals surface area contributed by atoms with E-state index in [1.54, 1.807) is 0 Å². The fourth-order valence-electron chi connectivity index (χ4n) is 1.73. The van der Waals surface area contributed by atoms with Crippen molar-refractivity contribution in [2.24, 2.45) is 0 Å². The molecule has 2 aromatic heterocycles. The number of hydrogen-bond acceptors (Lipinski definition) is 4. The zero-order valence-corrected chi connectivity index (χ0v) is 11.0. The molecule has 2 rings (SSSR count). The van der Waals surface area contributed by atoms with Gasteiger partial charge in [-0.1, -0.05) is 25.6 Å². The van der Waals surface area contributed by atoms with E-state index in [1.165, 1.54) is 11.3 Å². The van der Waals surface area contributed by atoms with Crippen molar-refractivity contribution in [1.82, 2.24) is 5.16 Å². The SMILES string of the molecule is C=C(O)c1ccc(-c2onc(C(C)C)c2C)s1. The van der Waals surface area contributed by atoms with Crippen LogP contribution in [0.5, 0.6) is 0 Å². The summed E-state index contributed by atoms with van der Waals surface area (Å²) >= 11 is 1.45. The van der Waals surface area contributed by atoms with Crippen LogP contribution < -0.4 is 0 Å². The highest BCUT2D eigenvalue weighted by atomic mass is 32.1. The smallest absolute Gasteiger partial charge is 0.179 e. The van der Waals surface area contributed by atoms with Gasteiger partial charge in [0.25, 0.3) is 0 Å². The molecule has 1 N–H and O–H groups in total. The molecule has 0 aliphatic carbocycles. The first-order valence-electron chi connectivity index (χ1n) is 5.45. The Morgan fingerprint density at radius 3 is 2.65 bits per heavy atom. The third-order valence-corrected chi connectivity index (χ3v) is 3.75. The van der Waals surface area contributed by atoms with Gasteiger partial charge in [-0.25, -0.2) is 0 Å². The van der Waals surface area contributed by atoms with Crippen molar-refractivity contribution in [2.75, 3.05) is 0 Å². The second kappa shape index (κ2) is 4.37. The van der Waals surface area contributed by atoms with E-state index in [-0.39, 0.29) is 5.76 Å². The Bertz CT molecular complexity index is 552. The Morgan fingerprint density at radius 1 is 1.47 bits per heavy atom. The Balaban J connectivity index is 2.43. The zero-order valence-electron chi connectivity index (χ0n) is 10.2. The maximum Gasteiger partial charge on any atom is 0.179 e.